The molecule has 7 heteroatoms. The highest BCUT2D eigenvalue weighted by molar-refractivity contribution is 6.36. The van der Waals surface area contributed by atoms with E-state index in [1.54, 1.807) is 25.1 Å². The first kappa shape index (κ1) is 26.0. The van der Waals surface area contributed by atoms with E-state index in [0.29, 0.717) is 21.4 Å². The molecule has 2 aromatic carbocycles. The Morgan fingerprint density at radius 3 is 2.16 bits per heavy atom. The number of ether oxygens (including phenoxy) is 1. The van der Waals surface area contributed by atoms with E-state index < -0.39 is 6.04 Å². The summed E-state index contributed by atoms with van der Waals surface area (Å²) < 4.78 is 5.93. The average Bonchev–Trinajstić information content (AvgIpc) is 2.70. The molecule has 1 unspecified atom stereocenters. The number of amides is 2. The molecule has 32 heavy (non-hydrogen) atoms. The van der Waals surface area contributed by atoms with Crippen LogP contribution < -0.4 is 10.1 Å². The lowest BCUT2D eigenvalue weighted by Crippen LogP contribution is -2.50. The fourth-order valence-electron chi connectivity index (χ4n) is 3.28. The van der Waals surface area contributed by atoms with Crippen LogP contribution in [0.5, 0.6) is 5.75 Å². The molecule has 0 bridgehead atoms. The van der Waals surface area contributed by atoms with Gasteiger partial charge in [-0.3, -0.25) is 9.59 Å². The Hall–Kier alpha value is -2.24. The molecule has 0 aliphatic heterocycles. The summed E-state index contributed by atoms with van der Waals surface area (Å²) in [5, 5.41) is 3.73. The van der Waals surface area contributed by atoms with Crippen LogP contribution in [-0.2, 0) is 21.5 Å². The monoisotopic (exact) mass is 478 g/mol. The van der Waals surface area contributed by atoms with Crippen LogP contribution in [0.4, 0.5) is 0 Å². The third-order valence-electron chi connectivity index (χ3n) is 5.03. The fraction of sp³-hybridized carbons (Fsp3) is 0.440. The van der Waals surface area contributed by atoms with Gasteiger partial charge in [0, 0.05) is 28.2 Å². The van der Waals surface area contributed by atoms with Crippen LogP contribution in [0, 0.1) is 0 Å². The van der Waals surface area contributed by atoms with E-state index in [9.17, 15) is 9.59 Å². The molecule has 0 heterocycles. The van der Waals surface area contributed by atoms with Crippen molar-refractivity contribution in [3.8, 4) is 5.75 Å². The Balaban J connectivity index is 2.29. The Morgan fingerprint density at radius 1 is 1.00 bits per heavy atom. The highest BCUT2D eigenvalue weighted by Crippen LogP contribution is 2.31. The van der Waals surface area contributed by atoms with Gasteiger partial charge in [0.1, 0.15) is 11.8 Å². The van der Waals surface area contributed by atoms with E-state index in [4.69, 9.17) is 27.9 Å². The van der Waals surface area contributed by atoms with Crippen LogP contribution in [0.3, 0.4) is 0 Å². The predicted octanol–water partition coefficient (Wildman–Crippen LogP) is 5.61. The summed E-state index contributed by atoms with van der Waals surface area (Å²) in [5.41, 5.74) is 1.44. The molecular formula is C25H32Cl2N2O3. The van der Waals surface area contributed by atoms with Crippen LogP contribution >= 0.6 is 23.2 Å². The second-order valence-corrected chi connectivity index (χ2v) is 9.91. The molecule has 2 amide bonds. The van der Waals surface area contributed by atoms with Crippen molar-refractivity contribution in [1.29, 1.82) is 0 Å². The van der Waals surface area contributed by atoms with Gasteiger partial charge in [-0.2, -0.15) is 0 Å². The SMILES string of the molecule is CC(C)NC(=O)C(C)N(Cc1c(Cl)cccc1Cl)C(=O)COc1ccccc1C(C)(C)C. The van der Waals surface area contributed by atoms with Gasteiger partial charge < -0.3 is 15.0 Å². The van der Waals surface area contributed by atoms with E-state index in [-0.39, 0.29) is 36.4 Å². The molecule has 0 spiro atoms. The highest BCUT2D eigenvalue weighted by atomic mass is 35.5. The van der Waals surface area contributed by atoms with Crippen LogP contribution in [-0.4, -0.2) is 35.4 Å². The molecule has 1 N–H and O–H groups in total. The summed E-state index contributed by atoms with van der Waals surface area (Å²) in [7, 11) is 0. The maximum absolute atomic E-state index is 13.3. The van der Waals surface area contributed by atoms with E-state index >= 15 is 0 Å². The van der Waals surface area contributed by atoms with Gasteiger partial charge in [0.15, 0.2) is 6.61 Å². The Bertz CT molecular complexity index is 934. The third kappa shape index (κ3) is 6.88. The van der Waals surface area contributed by atoms with Gasteiger partial charge in [0.05, 0.1) is 0 Å². The molecule has 2 aromatic rings. The summed E-state index contributed by atoms with van der Waals surface area (Å²) in [5.74, 6) is 0.0473. The molecule has 0 saturated heterocycles. The fourth-order valence-corrected chi connectivity index (χ4v) is 3.79. The lowest BCUT2D eigenvalue weighted by molar-refractivity contribution is -0.142. The van der Waals surface area contributed by atoms with Crippen molar-refractivity contribution in [1.82, 2.24) is 10.2 Å². The molecule has 0 aliphatic rings. The minimum absolute atomic E-state index is 0.0549. The minimum Gasteiger partial charge on any atom is -0.483 e. The number of nitrogens with one attached hydrogen (secondary N) is 1. The quantitative estimate of drug-likeness (QED) is 0.535. The zero-order valence-electron chi connectivity index (χ0n) is 19.5. The topological polar surface area (TPSA) is 58.6 Å². The number of halogens is 2. The van der Waals surface area contributed by atoms with Crippen molar-refractivity contribution in [2.75, 3.05) is 6.61 Å². The largest absolute Gasteiger partial charge is 0.483 e. The van der Waals surface area contributed by atoms with Crippen LogP contribution in [0.1, 0.15) is 52.7 Å². The summed E-state index contributed by atoms with van der Waals surface area (Å²) in [6, 6.07) is 12.0. The lowest BCUT2D eigenvalue weighted by atomic mass is 9.86. The van der Waals surface area contributed by atoms with Gasteiger partial charge in [0.25, 0.3) is 5.91 Å². The smallest absolute Gasteiger partial charge is 0.261 e. The minimum atomic E-state index is -0.737. The van der Waals surface area contributed by atoms with Crippen LogP contribution in [0.25, 0.3) is 0 Å². The standard InChI is InChI=1S/C25H32Cl2N2O3/c1-16(2)28-24(31)17(3)29(14-18-20(26)11-9-12-21(18)27)23(30)15-32-22-13-8-7-10-19(22)25(4,5)6/h7-13,16-17H,14-15H2,1-6H3,(H,28,31). The normalized spacial score (nSPS) is 12.4. The van der Waals surface area contributed by atoms with E-state index in [1.165, 1.54) is 4.90 Å². The zero-order chi connectivity index (χ0) is 24.1. The maximum Gasteiger partial charge on any atom is 0.261 e. The van der Waals surface area contributed by atoms with Crippen LogP contribution in [0.2, 0.25) is 10.0 Å². The Labute approximate surface area is 201 Å². The van der Waals surface area contributed by atoms with Crippen molar-refractivity contribution >= 4 is 35.0 Å². The molecule has 2 rings (SSSR count). The van der Waals surface area contributed by atoms with E-state index in [1.807, 2.05) is 38.1 Å². The van der Waals surface area contributed by atoms with E-state index in [0.717, 1.165) is 5.56 Å². The number of nitrogens with zero attached hydrogens (tertiary/aromatic N) is 1. The van der Waals surface area contributed by atoms with Crippen molar-refractivity contribution in [2.45, 2.75) is 65.6 Å². The van der Waals surface area contributed by atoms with Crippen molar-refractivity contribution < 1.29 is 14.3 Å². The van der Waals surface area contributed by atoms with Gasteiger partial charge in [-0.1, -0.05) is 68.2 Å². The zero-order valence-corrected chi connectivity index (χ0v) is 21.1. The number of hydrogen-bond acceptors (Lipinski definition) is 3. The summed E-state index contributed by atoms with van der Waals surface area (Å²) in [6.07, 6.45) is 0. The van der Waals surface area contributed by atoms with Gasteiger partial charge in [0.2, 0.25) is 5.91 Å². The molecule has 0 aromatic heterocycles. The number of benzene rings is 2. The van der Waals surface area contributed by atoms with Crippen molar-refractivity contribution in [3.05, 3.63) is 63.6 Å². The second kappa shape index (κ2) is 11.1. The highest BCUT2D eigenvalue weighted by Gasteiger charge is 2.28. The van der Waals surface area contributed by atoms with E-state index in [2.05, 4.69) is 26.1 Å². The molecule has 0 fully saturated rings. The third-order valence-corrected chi connectivity index (χ3v) is 5.74. The Morgan fingerprint density at radius 2 is 1.59 bits per heavy atom. The number of carbonyl (C=O) groups excluding carboxylic acids is 2. The second-order valence-electron chi connectivity index (χ2n) is 9.10. The van der Waals surface area contributed by atoms with Crippen molar-refractivity contribution in [2.24, 2.45) is 0 Å². The number of para-hydroxylation sites is 1. The van der Waals surface area contributed by atoms with Crippen molar-refractivity contribution in [3.63, 3.8) is 0 Å². The first-order valence-corrected chi connectivity index (χ1v) is 11.4. The van der Waals surface area contributed by atoms with Gasteiger partial charge in [-0.15, -0.1) is 0 Å². The molecule has 1 atom stereocenters. The summed E-state index contributed by atoms with van der Waals surface area (Å²) >= 11 is 12.7. The van der Waals surface area contributed by atoms with Gasteiger partial charge >= 0.3 is 0 Å². The van der Waals surface area contributed by atoms with Gasteiger partial charge in [-0.05, 0) is 49.9 Å². The maximum atomic E-state index is 13.3. The number of carbonyl (C=O) groups is 2. The number of hydrogen-bond donors (Lipinski definition) is 1. The lowest BCUT2D eigenvalue weighted by Gasteiger charge is -2.30. The Kier molecular flexibility index (Phi) is 8.99. The molecular weight excluding hydrogens is 447 g/mol. The molecule has 0 radical (unpaired) electrons. The first-order valence-electron chi connectivity index (χ1n) is 10.7. The summed E-state index contributed by atoms with van der Waals surface area (Å²) in [6.45, 7) is 11.6. The average molecular weight is 479 g/mol. The first-order chi connectivity index (χ1) is 14.9. The van der Waals surface area contributed by atoms with Crippen LogP contribution in [0.15, 0.2) is 42.5 Å². The summed E-state index contributed by atoms with van der Waals surface area (Å²) in [4.78, 5) is 27.4. The molecule has 174 valence electrons. The predicted molar refractivity (Wildman–Crippen MR) is 130 cm³/mol. The van der Waals surface area contributed by atoms with Gasteiger partial charge in [-0.25, -0.2) is 0 Å². The number of rotatable bonds is 8. The molecule has 0 aliphatic carbocycles. The molecule has 0 saturated carbocycles. The molecule has 5 nitrogen and oxygen atoms in total.